The summed E-state index contributed by atoms with van der Waals surface area (Å²) in [7, 11) is -0.667. The van der Waals surface area contributed by atoms with Gasteiger partial charge in [-0.1, -0.05) is 18.2 Å². The lowest BCUT2D eigenvalue weighted by molar-refractivity contribution is 0.00578. The zero-order valence-electron chi connectivity index (χ0n) is 14.3. The maximum Gasteiger partial charge on any atom is 0.599 e. The number of aromatic nitrogens is 1. The van der Waals surface area contributed by atoms with E-state index in [9.17, 15) is 4.79 Å². The van der Waals surface area contributed by atoms with Gasteiger partial charge >= 0.3 is 13.2 Å². The lowest BCUT2D eigenvalue weighted by Gasteiger charge is -2.32. The molecular formula is C17H22BNO4. The van der Waals surface area contributed by atoms with Gasteiger partial charge in [-0.15, -0.1) is 0 Å². The van der Waals surface area contributed by atoms with Crippen molar-refractivity contribution >= 4 is 24.1 Å². The molecule has 0 N–H and O–H groups in total. The number of esters is 1. The molecule has 122 valence electrons. The van der Waals surface area contributed by atoms with E-state index < -0.39 is 18.5 Å². The van der Waals surface area contributed by atoms with Crippen LogP contribution in [0.4, 0.5) is 0 Å². The fraction of sp³-hybridized carbons (Fsp3) is 0.471. The molecule has 3 rings (SSSR count). The van der Waals surface area contributed by atoms with Gasteiger partial charge in [0.15, 0.2) is 0 Å². The fourth-order valence-corrected chi connectivity index (χ4v) is 2.68. The topological polar surface area (TPSA) is 49.7 Å². The first-order chi connectivity index (χ1) is 10.8. The fourth-order valence-electron chi connectivity index (χ4n) is 2.68. The first kappa shape index (κ1) is 16.1. The smallest absolute Gasteiger partial charge is 0.461 e. The van der Waals surface area contributed by atoms with Gasteiger partial charge in [-0.25, -0.2) is 4.79 Å². The molecule has 5 nitrogen and oxygen atoms in total. The molecule has 0 bridgehead atoms. The van der Waals surface area contributed by atoms with Crippen LogP contribution in [0.1, 0.15) is 45.1 Å². The summed E-state index contributed by atoms with van der Waals surface area (Å²) in [5.74, 6) is -0.376. The Morgan fingerprint density at radius 2 is 1.78 bits per heavy atom. The SMILES string of the molecule is CCOC(=O)c1cc2ccccc2n1B1OC(C)(C)C(C)(C)O1. The van der Waals surface area contributed by atoms with Crippen molar-refractivity contribution < 1.29 is 18.8 Å². The molecule has 1 aliphatic rings. The third-order valence-electron chi connectivity index (χ3n) is 4.68. The number of hydrogen-bond acceptors (Lipinski definition) is 4. The zero-order valence-corrected chi connectivity index (χ0v) is 14.3. The highest BCUT2D eigenvalue weighted by Crippen LogP contribution is 2.38. The number of carbonyl (C=O) groups is 1. The van der Waals surface area contributed by atoms with Gasteiger partial charge in [0.2, 0.25) is 0 Å². The number of ether oxygens (including phenoxy) is 1. The molecule has 0 amide bonds. The first-order valence-electron chi connectivity index (χ1n) is 7.89. The third-order valence-corrected chi connectivity index (χ3v) is 4.68. The number of carbonyl (C=O) groups excluding carboxylic acids is 1. The molecule has 6 heteroatoms. The maximum atomic E-state index is 12.4. The molecule has 23 heavy (non-hydrogen) atoms. The molecule has 0 spiro atoms. The molecule has 0 saturated carbocycles. The summed E-state index contributed by atoms with van der Waals surface area (Å²) < 4.78 is 19.2. The molecular weight excluding hydrogens is 293 g/mol. The van der Waals surface area contributed by atoms with Gasteiger partial charge in [0, 0.05) is 5.52 Å². The first-order valence-corrected chi connectivity index (χ1v) is 7.89. The van der Waals surface area contributed by atoms with E-state index in [1.807, 2.05) is 58.0 Å². The van der Waals surface area contributed by atoms with Crippen LogP contribution >= 0.6 is 0 Å². The van der Waals surface area contributed by atoms with Crippen LogP contribution in [0.3, 0.4) is 0 Å². The van der Waals surface area contributed by atoms with Gasteiger partial charge in [-0.05, 0) is 52.1 Å². The van der Waals surface area contributed by atoms with Crippen molar-refractivity contribution in [3.05, 3.63) is 36.0 Å². The van der Waals surface area contributed by atoms with Gasteiger partial charge in [0.1, 0.15) is 5.69 Å². The average Bonchev–Trinajstić information content (AvgIpc) is 2.94. The number of fused-ring (bicyclic) bond motifs is 1. The molecule has 1 fully saturated rings. The molecule has 2 heterocycles. The van der Waals surface area contributed by atoms with Gasteiger partial charge in [0.05, 0.1) is 17.8 Å². The Balaban J connectivity index is 2.13. The molecule has 2 aromatic rings. The van der Waals surface area contributed by atoms with Crippen molar-refractivity contribution in [3.63, 3.8) is 0 Å². The predicted molar refractivity (Wildman–Crippen MR) is 89.4 cm³/mol. The summed E-state index contributed by atoms with van der Waals surface area (Å²) in [6, 6.07) is 9.59. The Morgan fingerprint density at radius 3 is 2.39 bits per heavy atom. The summed E-state index contributed by atoms with van der Waals surface area (Å²) in [5.41, 5.74) is 0.366. The number of benzene rings is 1. The van der Waals surface area contributed by atoms with E-state index in [0.29, 0.717) is 12.3 Å². The minimum atomic E-state index is -0.667. The van der Waals surface area contributed by atoms with E-state index in [1.54, 1.807) is 11.4 Å². The molecule has 1 aliphatic heterocycles. The van der Waals surface area contributed by atoms with Crippen LogP contribution in [0.2, 0.25) is 0 Å². The van der Waals surface area contributed by atoms with Crippen LogP contribution in [-0.2, 0) is 14.0 Å². The van der Waals surface area contributed by atoms with Crippen molar-refractivity contribution in [1.29, 1.82) is 0 Å². The molecule has 1 saturated heterocycles. The predicted octanol–water partition coefficient (Wildman–Crippen LogP) is 3.26. The molecule has 0 radical (unpaired) electrons. The minimum absolute atomic E-state index is 0.323. The summed E-state index contributed by atoms with van der Waals surface area (Å²) in [5, 5.41) is 0.949. The number of nitrogens with zero attached hydrogens (tertiary/aromatic N) is 1. The lowest BCUT2D eigenvalue weighted by atomic mass is 9.90. The molecule has 0 atom stereocenters. The van der Waals surface area contributed by atoms with E-state index in [0.717, 1.165) is 10.9 Å². The molecule has 0 aliphatic carbocycles. The quantitative estimate of drug-likeness (QED) is 0.644. The van der Waals surface area contributed by atoms with Gasteiger partial charge in [0.25, 0.3) is 0 Å². The van der Waals surface area contributed by atoms with Crippen molar-refractivity contribution in [2.75, 3.05) is 6.61 Å². The Morgan fingerprint density at radius 1 is 1.17 bits per heavy atom. The van der Waals surface area contributed by atoms with Crippen molar-refractivity contribution in [2.45, 2.75) is 45.8 Å². The van der Waals surface area contributed by atoms with Crippen molar-refractivity contribution in [1.82, 2.24) is 4.48 Å². The third kappa shape index (κ3) is 2.56. The summed E-state index contributed by atoms with van der Waals surface area (Å²) >= 11 is 0. The van der Waals surface area contributed by atoms with Gasteiger partial charge < -0.3 is 18.5 Å². The number of rotatable bonds is 3. The Bertz CT molecular complexity index is 734. The maximum absolute atomic E-state index is 12.4. The molecule has 1 aromatic heterocycles. The van der Waals surface area contributed by atoms with E-state index in [4.69, 9.17) is 14.0 Å². The molecule has 0 unspecified atom stereocenters. The highest BCUT2D eigenvalue weighted by atomic mass is 16.7. The van der Waals surface area contributed by atoms with Crippen LogP contribution in [0.25, 0.3) is 10.9 Å². The number of hydrogen-bond donors (Lipinski definition) is 0. The van der Waals surface area contributed by atoms with E-state index >= 15 is 0 Å². The lowest BCUT2D eigenvalue weighted by Crippen LogP contribution is -2.41. The Kier molecular flexibility index (Phi) is 3.77. The minimum Gasteiger partial charge on any atom is -0.461 e. The van der Waals surface area contributed by atoms with E-state index in [1.165, 1.54) is 0 Å². The largest absolute Gasteiger partial charge is 0.599 e. The average molecular weight is 315 g/mol. The summed E-state index contributed by atoms with van der Waals surface area (Å²) in [4.78, 5) is 12.4. The Hall–Kier alpha value is -1.79. The second kappa shape index (κ2) is 5.39. The molecule has 1 aromatic carbocycles. The standard InChI is InChI=1S/C17H22BNO4/c1-6-21-15(20)14-11-12-9-7-8-10-13(12)19(14)18-22-16(2,3)17(4,5)23-18/h7-11H,6H2,1-5H3. The number of para-hydroxylation sites is 1. The van der Waals surface area contributed by atoms with Crippen LogP contribution in [0.5, 0.6) is 0 Å². The highest BCUT2D eigenvalue weighted by Gasteiger charge is 2.53. The van der Waals surface area contributed by atoms with Crippen LogP contribution in [0.15, 0.2) is 30.3 Å². The van der Waals surface area contributed by atoms with Gasteiger partial charge in [-0.3, -0.25) is 0 Å². The van der Waals surface area contributed by atoms with Crippen LogP contribution in [-0.4, -0.2) is 35.5 Å². The second-order valence-corrected chi connectivity index (χ2v) is 6.74. The van der Waals surface area contributed by atoms with Crippen LogP contribution in [0, 0.1) is 0 Å². The monoisotopic (exact) mass is 315 g/mol. The Labute approximate surface area is 136 Å². The normalized spacial score (nSPS) is 19.3. The van der Waals surface area contributed by atoms with E-state index in [2.05, 4.69) is 0 Å². The van der Waals surface area contributed by atoms with Crippen LogP contribution < -0.4 is 0 Å². The zero-order chi connectivity index (χ0) is 16.8. The van der Waals surface area contributed by atoms with Crippen molar-refractivity contribution in [2.24, 2.45) is 0 Å². The van der Waals surface area contributed by atoms with Crippen molar-refractivity contribution in [3.8, 4) is 0 Å². The highest BCUT2D eigenvalue weighted by molar-refractivity contribution is 6.46. The van der Waals surface area contributed by atoms with E-state index in [-0.39, 0.29) is 5.97 Å². The second-order valence-electron chi connectivity index (χ2n) is 6.74. The van der Waals surface area contributed by atoms with Gasteiger partial charge in [-0.2, -0.15) is 0 Å². The summed E-state index contributed by atoms with van der Waals surface area (Å²) in [6.45, 7) is 10.1. The summed E-state index contributed by atoms with van der Waals surface area (Å²) in [6.07, 6.45) is 0.